The highest BCUT2D eigenvalue weighted by Crippen LogP contribution is 2.50. The van der Waals surface area contributed by atoms with Gasteiger partial charge in [-0.25, -0.2) is 15.0 Å². The molecule has 0 spiro atoms. The van der Waals surface area contributed by atoms with Crippen LogP contribution in [0.4, 0.5) is 5.82 Å². The zero-order valence-corrected chi connectivity index (χ0v) is 10.7. The van der Waals surface area contributed by atoms with Crippen molar-refractivity contribution in [2.24, 2.45) is 11.1 Å². The lowest BCUT2D eigenvalue weighted by molar-refractivity contribution is 0.444. The van der Waals surface area contributed by atoms with E-state index in [0.717, 1.165) is 31.5 Å². The van der Waals surface area contributed by atoms with E-state index in [1.54, 1.807) is 6.33 Å². The standard InChI is InChI=1S/C11H14N6S/c12-7(18)3-11(1-2-11)4-17-6-16-8-9(13)14-5-15-10(8)17/h5-6H,1-4H2,(H2,12,18)(H2,13,14,15). The molecule has 7 heteroatoms. The smallest absolute Gasteiger partial charge is 0.165 e. The molecule has 2 heterocycles. The molecule has 6 nitrogen and oxygen atoms in total. The molecule has 4 N–H and O–H groups in total. The van der Waals surface area contributed by atoms with Crippen molar-refractivity contribution in [1.29, 1.82) is 0 Å². The molecule has 0 atom stereocenters. The summed E-state index contributed by atoms with van der Waals surface area (Å²) in [4.78, 5) is 13.0. The van der Waals surface area contributed by atoms with Crippen LogP contribution in [0.2, 0.25) is 0 Å². The summed E-state index contributed by atoms with van der Waals surface area (Å²) in [6.45, 7) is 0.831. The van der Waals surface area contributed by atoms with Crippen LogP contribution in [-0.4, -0.2) is 24.5 Å². The fourth-order valence-corrected chi connectivity index (χ4v) is 2.62. The minimum Gasteiger partial charge on any atom is -0.393 e. The summed E-state index contributed by atoms with van der Waals surface area (Å²) in [7, 11) is 0. The van der Waals surface area contributed by atoms with Gasteiger partial charge in [-0.1, -0.05) is 12.2 Å². The van der Waals surface area contributed by atoms with Crippen LogP contribution in [0.25, 0.3) is 11.2 Å². The average Bonchev–Trinajstić information content (AvgIpc) is 2.91. The second kappa shape index (κ2) is 3.88. The minimum atomic E-state index is 0.194. The van der Waals surface area contributed by atoms with Gasteiger partial charge in [-0.15, -0.1) is 0 Å². The molecule has 0 amide bonds. The molecule has 1 aliphatic carbocycles. The van der Waals surface area contributed by atoms with E-state index in [4.69, 9.17) is 23.7 Å². The molecular formula is C11H14N6S. The molecule has 0 aromatic carbocycles. The summed E-state index contributed by atoms with van der Waals surface area (Å²) in [6, 6.07) is 0. The van der Waals surface area contributed by atoms with Gasteiger partial charge in [0.2, 0.25) is 0 Å². The Balaban J connectivity index is 1.92. The molecule has 3 rings (SSSR count). The molecule has 1 saturated carbocycles. The van der Waals surface area contributed by atoms with E-state index in [1.165, 1.54) is 6.33 Å². The third-order valence-electron chi connectivity index (χ3n) is 3.44. The predicted octanol–water partition coefficient (Wildman–Crippen LogP) is 0.865. The van der Waals surface area contributed by atoms with E-state index in [1.807, 2.05) is 4.57 Å². The van der Waals surface area contributed by atoms with Crippen molar-refractivity contribution in [2.75, 3.05) is 5.73 Å². The van der Waals surface area contributed by atoms with E-state index >= 15 is 0 Å². The summed E-state index contributed by atoms with van der Waals surface area (Å²) in [6.07, 6.45) is 6.29. The number of hydrogen-bond donors (Lipinski definition) is 2. The van der Waals surface area contributed by atoms with Crippen LogP contribution >= 0.6 is 12.2 Å². The van der Waals surface area contributed by atoms with Gasteiger partial charge in [0.15, 0.2) is 11.5 Å². The molecule has 2 aromatic rings. The first-order valence-corrected chi connectivity index (χ1v) is 6.20. The van der Waals surface area contributed by atoms with E-state index in [0.29, 0.717) is 16.3 Å². The number of nitrogens with two attached hydrogens (primary N) is 2. The molecule has 1 fully saturated rings. The van der Waals surface area contributed by atoms with Crippen LogP contribution in [0, 0.1) is 5.41 Å². The van der Waals surface area contributed by atoms with Crippen molar-refractivity contribution in [2.45, 2.75) is 25.8 Å². The van der Waals surface area contributed by atoms with Crippen LogP contribution in [0.5, 0.6) is 0 Å². The molecule has 0 unspecified atom stereocenters. The van der Waals surface area contributed by atoms with Crippen LogP contribution < -0.4 is 11.5 Å². The number of nitrogen functional groups attached to an aromatic ring is 1. The monoisotopic (exact) mass is 262 g/mol. The summed E-state index contributed by atoms with van der Waals surface area (Å²) in [5.41, 5.74) is 13.0. The summed E-state index contributed by atoms with van der Waals surface area (Å²) >= 11 is 5.00. The van der Waals surface area contributed by atoms with Crippen molar-refractivity contribution >= 4 is 34.2 Å². The van der Waals surface area contributed by atoms with Gasteiger partial charge in [0.05, 0.1) is 11.3 Å². The Morgan fingerprint density at radius 1 is 1.39 bits per heavy atom. The predicted molar refractivity (Wildman–Crippen MR) is 72.8 cm³/mol. The van der Waals surface area contributed by atoms with Crippen LogP contribution in [0.15, 0.2) is 12.7 Å². The number of anilines is 1. The number of hydrogen-bond acceptors (Lipinski definition) is 5. The van der Waals surface area contributed by atoms with Crippen LogP contribution in [0.3, 0.4) is 0 Å². The Labute approximate surface area is 109 Å². The molecular weight excluding hydrogens is 248 g/mol. The number of nitrogens with zero attached hydrogens (tertiary/aromatic N) is 4. The van der Waals surface area contributed by atoms with E-state index in [2.05, 4.69) is 15.0 Å². The molecule has 0 saturated heterocycles. The van der Waals surface area contributed by atoms with E-state index in [-0.39, 0.29) is 5.41 Å². The Hall–Kier alpha value is -1.76. The molecule has 1 aliphatic rings. The van der Waals surface area contributed by atoms with Gasteiger partial charge in [-0.2, -0.15) is 0 Å². The molecule has 0 radical (unpaired) electrons. The van der Waals surface area contributed by atoms with E-state index < -0.39 is 0 Å². The maximum absolute atomic E-state index is 5.76. The Morgan fingerprint density at radius 3 is 2.83 bits per heavy atom. The summed E-state index contributed by atoms with van der Waals surface area (Å²) in [5.74, 6) is 0.415. The summed E-state index contributed by atoms with van der Waals surface area (Å²) in [5, 5.41) is 0. The highest BCUT2D eigenvalue weighted by atomic mass is 32.1. The van der Waals surface area contributed by atoms with Crippen molar-refractivity contribution in [3.05, 3.63) is 12.7 Å². The van der Waals surface area contributed by atoms with Crippen molar-refractivity contribution < 1.29 is 0 Å². The third kappa shape index (κ3) is 1.90. The number of imidazole rings is 1. The molecule has 0 bridgehead atoms. The number of aromatic nitrogens is 4. The molecule has 94 valence electrons. The molecule has 0 aliphatic heterocycles. The third-order valence-corrected chi connectivity index (χ3v) is 3.59. The zero-order valence-electron chi connectivity index (χ0n) is 9.83. The first-order valence-electron chi connectivity index (χ1n) is 5.79. The average molecular weight is 262 g/mol. The highest BCUT2D eigenvalue weighted by Gasteiger charge is 2.43. The number of rotatable bonds is 4. The highest BCUT2D eigenvalue weighted by molar-refractivity contribution is 7.80. The molecule has 2 aromatic heterocycles. The lowest BCUT2D eigenvalue weighted by atomic mass is 10.0. The lowest BCUT2D eigenvalue weighted by Gasteiger charge is -2.14. The Morgan fingerprint density at radius 2 is 2.17 bits per heavy atom. The quantitative estimate of drug-likeness (QED) is 0.794. The second-order valence-corrected chi connectivity index (χ2v) is 5.47. The zero-order chi connectivity index (χ0) is 12.8. The largest absolute Gasteiger partial charge is 0.393 e. The van der Waals surface area contributed by atoms with Gasteiger partial charge in [0.1, 0.15) is 11.8 Å². The molecule has 18 heavy (non-hydrogen) atoms. The number of fused-ring (bicyclic) bond motifs is 1. The van der Waals surface area contributed by atoms with Gasteiger partial charge in [0.25, 0.3) is 0 Å². The van der Waals surface area contributed by atoms with Gasteiger partial charge < -0.3 is 16.0 Å². The van der Waals surface area contributed by atoms with E-state index in [9.17, 15) is 0 Å². The fourth-order valence-electron chi connectivity index (χ4n) is 2.31. The SMILES string of the molecule is NC(=S)CC1(Cn2cnc3c(N)ncnc32)CC1. The number of thiocarbonyl (C=S) groups is 1. The maximum atomic E-state index is 5.76. The fraction of sp³-hybridized carbons (Fsp3) is 0.455. The van der Waals surface area contributed by atoms with Crippen LogP contribution in [0.1, 0.15) is 19.3 Å². The second-order valence-electron chi connectivity index (χ2n) is 4.95. The summed E-state index contributed by atoms with van der Waals surface area (Å²) < 4.78 is 2.01. The van der Waals surface area contributed by atoms with Crippen molar-refractivity contribution in [1.82, 2.24) is 19.5 Å². The maximum Gasteiger partial charge on any atom is 0.165 e. The topological polar surface area (TPSA) is 95.6 Å². The minimum absolute atomic E-state index is 0.194. The first kappa shape index (κ1) is 11.3. The van der Waals surface area contributed by atoms with Gasteiger partial charge in [-0.05, 0) is 18.3 Å². The van der Waals surface area contributed by atoms with Crippen molar-refractivity contribution in [3.8, 4) is 0 Å². The normalized spacial score (nSPS) is 16.9. The van der Waals surface area contributed by atoms with Gasteiger partial charge in [0, 0.05) is 13.0 Å². The first-order chi connectivity index (χ1) is 8.60. The lowest BCUT2D eigenvalue weighted by Crippen LogP contribution is -2.19. The van der Waals surface area contributed by atoms with Gasteiger partial charge in [-0.3, -0.25) is 0 Å². The van der Waals surface area contributed by atoms with Gasteiger partial charge >= 0.3 is 0 Å². The van der Waals surface area contributed by atoms with Crippen molar-refractivity contribution in [3.63, 3.8) is 0 Å². The Kier molecular flexibility index (Phi) is 2.44. The van der Waals surface area contributed by atoms with Crippen LogP contribution in [-0.2, 0) is 6.54 Å². The Bertz CT molecular complexity index is 615.